The van der Waals surface area contributed by atoms with Crippen LogP contribution in [0.2, 0.25) is 0 Å². The van der Waals surface area contributed by atoms with Crippen molar-refractivity contribution < 1.29 is 19.2 Å². The first kappa shape index (κ1) is 13.7. The third kappa shape index (κ3) is 4.97. The van der Waals surface area contributed by atoms with Crippen molar-refractivity contribution >= 4 is 5.97 Å². The second-order valence-corrected chi connectivity index (χ2v) is 3.82. The van der Waals surface area contributed by atoms with Gasteiger partial charge in [0.25, 0.3) is 0 Å². The summed E-state index contributed by atoms with van der Waals surface area (Å²) in [5.41, 5.74) is 0.728. The molecule has 1 N–H and O–H groups in total. The number of aromatic nitrogens is 1. The van der Waals surface area contributed by atoms with Crippen LogP contribution in [-0.2, 0) is 22.7 Å². The maximum atomic E-state index is 10.7. The highest BCUT2D eigenvalue weighted by Gasteiger charge is 2.12. The van der Waals surface area contributed by atoms with Crippen molar-refractivity contribution in [2.75, 3.05) is 20.2 Å². The number of aliphatic carboxylic acids is 1. The van der Waals surface area contributed by atoms with E-state index < -0.39 is 5.97 Å². The summed E-state index contributed by atoms with van der Waals surface area (Å²) in [6.45, 7) is 3.60. The van der Waals surface area contributed by atoms with E-state index >= 15 is 0 Å². The number of carboxylic acids is 1. The summed E-state index contributed by atoms with van der Waals surface area (Å²) >= 11 is 0. The van der Waals surface area contributed by atoms with Crippen LogP contribution in [-0.4, -0.2) is 41.3 Å². The number of carbonyl (C=O) groups is 1. The molecule has 17 heavy (non-hydrogen) atoms. The number of carboxylic acid groups (broad SMARTS) is 1. The molecule has 0 aliphatic heterocycles. The average molecular weight is 242 g/mol. The molecule has 0 saturated heterocycles. The lowest BCUT2D eigenvalue weighted by molar-refractivity contribution is -0.138. The van der Waals surface area contributed by atoms with Crippen molar-refractivity contribution in [2.24, 2.45) is 0 Å². The number of methoxy groups -OCH3 is 1. The van der Waals surface area contributed by atoms with Crippen molar-refractivity contribution in [3.8, 4) is 0 Å². The van der Waals surface area contributed by atoms with E-state index in [-0.39, 0.29) is 6.54 Å². The first-order chi connectivity index (χ1) is 8.15. The van der Waals surface area contributed by atoms with Crippen LogP contribution in [0.4, 0.5) is 0 Å². The monoisotopic (exact) mass is 242 g/mol. The molecule has 0 aliphatic carbocycles. The maximum absolute atomic E-state index is 10.7. The third-order valence-electron chi connectivity index (χ3n) is 2.18. The van der Waals surface area contributed by atoms with Crippen LogP contribution in [0, 0.1) is 0 Å². The van der Waals surface area contributed by atoms with E-state index in [0.29, 0.717) is 18.9 Å². The Kier molecular flexibility index (Phi) is 5.65. The fourth-order valence-electron chi connectivity index (χ4n) is 1.59. The topological polar surface area (TPSA) is 75.8 Å². The summed E-state index contributed by atoms with van der Waals surface area (Å²) in [6.07, 6.45) is 0.899. The largest absolute Gasteiger partial charge is 0.480 e. The van der Waals surface area contributed by atoms with Crippen LogP contribution in [0.3, 0.4) is 0 Å². The standard InChI is InChI=1S/C11H18N2O4/c1-3-4-13(7-11(14)15)6-9-5-10(8-16-2)17-12-9/h5H,3-4,6-8H2,1-2H3,(H,14,15). The molecule has 1 aromatic rings. The smallest absolute Gasteiger partial charge is 0.317 e. The number of nitrogens with zero attached hydrogens (tertiary/aromatic N) is 2. The molecule has 0 unspecified atom stereocenters. The van der Waals surface area contributed by atoms with E-state index in [1.807, 2.05) is 11.8 Å². The van der Waals surface area contributed by atoms with Gasteiger partial charge in [0, 0.05) is 19.7 Å². The lowest BCUT2D eigenvalue weighted by Crippen LogP contribution is -2.30. The first-order valence-electron chi connectivity index (χ1n) is 5.53. The molecular weight excluding hydrogens is 224 g/mol. The van der Waals surface area contributed by atoms with Gasteiger partial charge in [-0.05, 0) is 13.0 Å². The predicted octanol–water partition coefficient (Wildman–Crippen LogP) is 1.12. The molecule has 1 aromatic heterocycles. The fourth-order valence-corrected chi connectivity index (χ4v) is 1.59. The Balaban J connectivity index is 2.55. The molecule has 96 valence electrons. The van der Waals surface area contributed by atoms with E-state index in [1.165, 1.54) is 0 Å². The molecule has 0 bridgehead atoms. The van der Waals surface area contributed by atoms with E-state index in [0.717, 1.165) is 18.7 Å². The van der Waals surface area contributed by atoms with Crippen molar-refractivity contribution in [1.29, 1.82) is 0 Å². The van der Waals surface area contributed by atoms with Crippen LogP contribution in [0.5, 0.6) is 0 Å². The lowest BCUT2D eigenvalue weighted by Gasteiger charge is -2.17. The summed E-state index contributed by atoms with van der Waals surface area (Å²) in [4.78, 5) is 12.5. The summed E-state index contributed by atoms with van der Waals surface area (Å²) < 4.78 is 9.96. The van der Waals surface area contributed by atoms with Gasteiger partial charge in [-0.25, -0.2) is 0 Å². The minimum Gasteiger partial charge on any atom is -0.480 e. The van der Waals surface area contributed by atoms with Gasteiger partial charge in [-0.15, -0.1) is 0 Å². The average Bonchev–Trinajstić information content (AvgIpc) is 2.65. The Labute approximate surface area is 100 Å². The van der Waals surface area contributed by atoms with Gasteiger partial charge in [-0.1, -0.05) is 12.1 Å². The number of hydrogen-bond acceptors (Lipinski definition) is 5. The molecule has 0 aliphatic rings. The minimum atomic E-state index is -0.834. The summed E-state index contributed by atoms with van der Waals surface area (Å²) in [5, 5.41) is 12.6. The van der Waals surface area contributed by atoms with Crippen LogP contribution in [0.25, 0.3) is 0 Å². The van der Waals surface area contributed by atoms with E-state index in [1.54, 1.807) is 13.2 Å². The number of hydrogen-bond donors (Lipinski definition) is 1. The van der Waals surface area contributed by atoms with Crippen LogP contribution in [0.1, 0.15) is 24.8 Å². The normalized spacial score (nSPS) is 11.0. The van der Waals surface area contributed by atoms with Gasteiger partial charge in [0.1, 0.15) is 6.61 Å². The second-order valence-electron chi connectivity index (χ2n) is 3.82. The van der Waals surface area contributed by atoms with Crippen molar-refractivity contribution in [3.63, 3.8) is 0 Å². The molecule has 6 heteroatoms. The summed E-state index contributed by atoms with van der Waals surface area (Å²) in [7, 11) is 1.58. The maximum Gasteiger partial charge on any atom is 0.317 e. The van der Waals surface area contributed by atoms with Gasteiger partial charge < -0.3 is 14.4 Å². The van der Waals surface area contributed by atoms with Gasteiger partial charge in [0.2, 0.25) is 0 Å². The van der Waals surface area contributed by atoms with Crippen LogP contribution in [0.15, 0.2) is 10.6 Å². The highest BCUT2D eigenvalue weighted by atomic mass is 16.5. The van der Waals surface area contributed by atoms with Crippen LogP contribution >= 0.6 is 0 Å². The highest BCUT2D eigenvalue weighted by Crippen LogP contribution is 2.08. The zero-order valence-electron chi connectivity index (χ0n) is 10.2. The Morgan fingerprint density at radius 3 is 3.00 bits per heavy atom. The SMILES string of the molecule is CCCN(CC(=O)O)Cc1cc(COC)on1. The molecule has 0 amide bonds. The molecule has 1 rings (SSSR count). The molecule has 1 heterocycles. The Hall–Kier alpha value is -1.40. The van der Waals surface area contributed by atoms with Gasteiger partial charge in [-0.2, -0.15) is 0 Å². The fraction of sp³-hybridized carbons (Fsp3) is 0.636. The molecule has 0 spiro atoms. The highest BCUT2D eigenvalue weighted by molar-refractivity contribution is 5.69. The Bertz CT molecular complexity index is 351. The predicted molar refractivity (Wildman–Crippen MR) is 60.4 cm³/mol. The van der Waals surface area contributed by atoms with E-state index in [4.69, 9.17) is 14.4 Å². The molecule has 0 radical (unpaired) electrons. The first-order valence-corrected chi connectivity index (χ1v) is 5.53. The van der Waals surface area contributed by atoms with Crippen LogP contribution < -0.4 is 0 Å². The lowest BCUT2D eigenvalue weighted by atomic mass is 10.3. The minimum absolute atomic E-state index is 0.0142. The Morgan fingerprint density at radius 2 is 2.41 bits per heavy atom. The molecule has 6 nitrogen and oxygen atoms in total. The molecule has 0 saturated carbocycles. The van der Waals surface area contributed by atoms with Gasteiger partial charge in [-0.3, -0.25) is 9.69 Å². The number of rotatable bonds is 8. The quantitative estimate of drug-likeness (QED) is 0.736. The van der Waals surface area contributed by atoms with E-state index in [9.17, 15) is 4.79 Å². The Morgan fingerprint density at radius 1 is 1.65 bits per heavy atom. The van der Waals surface area contributed by atoms with Gasteiger partial charge in [0.05, 0.1) is 12.2 Å². The second kappa shape index (κ2) is 7.03. The van der Waals surface area contributed by atoms with Gasteiger partial charge >= 0.3 is 5.97 Å². The number of ether oxygens (including phenoxy) is 1. The summed E-state index contributed by atoms with van der Waals surface area (Å²) in [5.74, 6) is -0.187. The summed E-state index contributed by atoms with van der Waals surface area (Å²) in [6, 6.07) is 1.79. The molecular formula is C11H18N2O4. The molecule has 0 atom stereocenters. The molecule has 0 aromatic carbocycles. The molecule has 0 fully saturated rings. The van der Waals surface area contributed by atoms with Crippen molar-refractivity contribution in [2.45, 2.75) is 26.5 Å². The zero-order valence-corrected chi connectivity index (χ0v) is 10.2. The van der Waals surface area contributed by atoms with Crippen molar-refractivity contribution in [3.05, 3.63) is 17.5 Å². The zero-order chi connectivity index (χ0) is 12.7. The van der Waals surface area contributed by atoms with Gasteiger partial charge in [0.15, 0.2) is 5.76 Å². The van der Waals surface area contributed by atoms with E-state index in [2.05, 4.69) is 5.16 Å². The third-order valence-corrected chi connectivity index (χ3v) is 2.18. The van der Waals surface area contributed by atoms with Crippen molar-refractivity contribution in [1.82, 2.24) is 10.1 Å².